The molecule has 1 aliphatic heterocycles. The number of hydrogen-bond acceptors (Lipinski definition) is 7. The summed E-state index contributed by atoms with van der Waals surface area (Å²) in [7, 11) is -3.51. The quantitative estimate of drug-likeness (QED) is 0.276. The third-order valence-corrected chi connectivity index (χ3v) is 4.00. The summed E-state index contributed by atoms with van der Waals surface area (Å²) in [4.78, 5) is 3.89. The van der Waals surface area contributed by atoms with Gasteiger partial charge in [-0.2, -0.15) is 33.7 Å². The molecule has 0 aromatic heterocycles. The topological polar surface area (TPSA) is 55.7 Å². The molecule has 0 atom stereocenters. The number of nitrogens with zero attached hydrogens (tertiary/aromatic N) is 1. The van der Waals surface area contributed by atoms with Crippen LogP contribution in [0.5, 0.6) is 0 Å². The Kier molecular flexibility index (Phi) is 8.49. The largest absolute Gasteiger partial charge is 1.00 e. The number of aliphatic imine (C=N–C) groups is 1. The van der Waals surface area contributed by atoms with E-state index < -0.39 is 10.1 Å². The van der Waals surface area contributed by atoms with Crippen molar-refractivity contribution in [3.8, 4) is 0 Å². The normalized spacial score (nSPS) is 16.1. The molecule has 9 heteroatoms. The van der Waals surface area contributed by atoms with Crippen LogP contribution in [0.15, 0.2) is 4.99 Å². The average Bonchev–Trinajstić information content (AvgIpc) is 2.53. The van der Waals surface area contributed by atoms with Crippen molar-refractivity contribution in [2.75, 3.05) is 18.1 Å². The van der Waals surface area contributed by atoms with Gasteiger partial charge in [0.05, 0.1) is 12.3 Å². The summed E-state index contributed by atoms with van der Waals surface area (Å²) in [6.07, 6.45) is 0.354. The Morgan fingerprint density at radius 2 is 2.27 bits per heavy atom. The van der Waals surface area contributed by atoms with Gasteiger partial charge in [-0.1, -0.05) is 11.8 Å². The predicted octanol–water partition coefficient (Wildman–Crippen LogP) is -1.87. The molecule has 0 unspecified atom stereocenters. The first-order valence-electron chi connectivity index (χ1n) is 3.95. The summed E-state index contributed by atoms with van der Waals surface area (Å²) in [5.41, 5.74) is 0. The SMILES string of the molecule is O=S(=O)(CCC(S)S)OC1=NCCS1.[H-].[Na+]. The summed E-state index contributed by atoms with van der Waals surface area (Å²) in [6.45, 7) is 0.622. The van der Waals surface area contributed by atoms with Crippen LogP contribution in [-0.4, -0.2) is 36.3 Å². The molecule has 1 heterocycles. The summed E-state index contributed by atoms with van der Waals surface area (Å²) in [6, 6.07) is 0. The number of thiol groups is 2. The Bertz CT molecular complexity index is 322. The molecule has 4 nitrogen and oxygen atoms in total. The van der Waals surface area contributed by atoms with E-state index >= 15 is 0 Å². The fraction of sp³-hybridized carbons (Fsp3) is 0.833. The van der Waals surface area contributed by atoms with Gasteiger partial charge in [0.1, 0.15) is 0 Å². The van der Waals surface area contributed by atoms with Crippen molar-refractivity contribution < 1.29 is 43.6 Å². The van der Waals surface area contributed by atoms with Crippen LogP contribution in [0.1, 0.15) is 7.85 Å². The van der Waals surface area contributed by atoms with E-state index in [4.69, 9.17) is 4.18 Å². The summed E-state index contributed by atoms with van der Waals surface area (Å²) < 4.78 is 27.1. The van der Waals surface area contributed by atoms with E-state index in [9.17, 15) is 8.42 Å². The second kappa shape index (κ2) is 7.73. The Balaban J connectivity index is 0. The molecule has 0 fully saturated rings. The van der Waals surface area contributed by atoms with Gasteiger partial charge in [-0.15, -0.1) is 0 Å². The molecule has 0 amide bonds. The zero-order valence-corrected chi connectivity index (χ0v) is 13.7. The van der Waals surface area contributed by atoms with Crippen molar-refractivity contribution in [1.29, 1.82) is 0 Å². The third-order valence-electron chi connectivity index (χ3n) is 1.38. The Morgan fingerprint density at radius 1 is 1.60 bits per heavy atom. The van der Waals surface area contributed by atoms with Crippen LogP contribution in [0, 0.1) is 0 Å². The molecule has 15 heavy (non-hydrogen) atoms. The Morgan fingerprint density at radius 3 is 2.73 bits per heavy atom. The van der Waals surface area contributed by atoms with E-state index in [1.165, 1.54) is 11.8 Å². The van der Waals surface area contributed by atoms with Gasteiger partial charge < -0.3 is 5.61 Å². The molecule has 0 radical (unpaired) electrons. The van der Waals surface area contributed by atoms with E-state index in [0.29, 0.717) is 13.0 Å². The molecule has 0 N–H and O–H groups in total. The van der Waals surface area contributed by atoms with Crippen LogP contribution in [0.3, 0.4) is 0 Å². The van der Waals surface area contributed by atoms with Crippen molar-refractivity contribution in [3.63, 3.8) is 0 Å². The molecule has 0 saturated carbocycles. The molecule has 1 rings (SSSR count). The molecule has 84 valence electrons. The van der Waals surface area contributed by atoms with Gasteiger partial charge in [0.2, 0.25) is 0 Å². The molecule has 0 aliphatic carbocycles. The van der Waals surface area contributed by atoms with Gasteiger partial charge >= 0.3 is 39.7 Å². The number of rotatable bonds is 4. The van der Waals surface area contributed by atoms with Crippen molar-refractivity contribution in [3.05, 3.63) is 0 Å². The fourth-order valence-corrected chi connectivity index (χ4v) is 3.29. The van der Waals surface area contributed by atoms with Crippen molar-refractivity contribution in [1.82, 2.24) is 0 Å². The van der Waals surface area contributed by atoms with E-state index in [-0.39, 0.29) is 46.5 Å². The predicted molar refractivity (Wildman–Crippen MR) is 67.1 cm³/mol. The first kappa shape index (κ1) is 16.5. The summed E-state index contributed by atoms with van der Waals surface area (Å²) >= 11 is 9.25. The minimum absolute atomic E-state index is 0. The number of hydrogen-bond donors (Lipinski definition) is 2. The van der Waals surface area contributed by atoms with Crippen molar-refractivity contribution >= 4 is 52.4 Å². The minimum atomic E-state index is -3.51. The van der Waals surface area contributed by atoms with Crippen LogP contribution < -0.4 is 29.6 Å². The Labute approximate surface area is 129 Å². The molecule has 0 aromatic carbocycles. The molecule has 0 bridgehead atoms. The van der Waals surface area contributed by atoms with Gasteiger partial charge in [0.15, 0.2) is 0 Å². The third kappa shape index (κ3) is 7.40. The van der Waals surface area contributed by atoms with Crippen LogP contribution in [0.25, 0.3) is 0 Å². The maximum absolute atomic E-state index is 11.3. The van der Waals surface area contributed by atoms with E-state index in [1.54, 1.807) is 0 Å². The first-order valence-corrected chi connectivity index (χ1v) is 7.55. The first-order chi connectivity index (χ1) is 6.49. The van der Waals surface area contributed by atoms with E-state index in [1.807, 2.05) is 0 Å². The summed E-state index contributed by atoms with van der Waals surface area (Å²) in [5.74, 6) is 0.705. The fourth-order valence-electron chi connectivity index (χ4n) is 0.766. The van der Waals surface area contributed by atoms with Gasteiger partial charge in [0.25, 0.3) is 5.23 Å². The molecule has 1 aliphatic rings. The van der Waals surface area contributed by atoms with Gasteiger partial charge in [0, 0.05) is 10.3 Å². The van der Waals surface area contributed by atoms with Crippen LogP contribution >= 0.6 is 37.0 Å². The zero-order valence-electron chi connectivity index (χ0n) is 9.29. The van der Waals surface area contributed by atoms with Crippen LogP contribution in [0.2, 0.25) is 0 Å². The second-order valence-corrected chi connectivity index (χ2v) is 7.00. The smallest absolute Gasteiger partial charge is 1.00 e. The monoisotopic (exact) mass is 297 g/mol. The minimum Gasteiger partial charge on any atom is -1.00 e. The zero-order chi connectivity index (χ0) is 10.6. The molecular weight excluding hydrogens is 285 g/mol. The Hall–Kier alpha value is 1.47. The number of thioether (sulfide) groups is 1. The van der Waals surface area contributed by atoms with Crippen LogP contribution in [-0.2, 0) is 14.3 Å². The van der Waals surface area contributed by atoms with E-state index in [2.05, 4.69) is 30.2 Å². The van der Waals surface area contributed by atoms with Gasteiger partial charge in [-0.3, -0.25) is 0 Å². The maximum atomic E-state index is 11.3. The molecule has 0 saturated heterocycles. The summed E-state index contributed by atoms with van der Waals surface area (Å²) in [5, 5.41) is 0.250. The maximum Gasteiger partial charge on any atom is 1.00 e. The van der Waals surface area contributed by atoms with Crippen LogP contribution in [0.4, 0.5) is 0 Å². The molecule has 0 spiro atoms. The second-order valence-electron chi connectivity index (χ2n) is 2.61. The van der Waals surface area contributed by atoms with Gasteiger partial charge in [-0.05, 0) is 6.42 Å². The average molecular weight is 297 g/mol. The van der Waals surface area contributed by atoms with E-state index in [0.717, 1.165) is 5.75 Å². The van der Waals surface area contributed by atoms with Crippen molar-refractivity contribution in [2.45, 2.75) is 11.0 Å². The van der Waals surface area contributed by atoms with Crippen molar-refractivity contribution in [2.24, 2.45) is 4.99 Å². The molecule has 0 aromatic rings. The molecular formula is C6H12NNaO3S4. The standard InChI is InChI=1S/C6H11NO3S4.Na.H/c8-14(9,4-1-5(11)12)10-6-7-2-3-13-6;;/h5,11-12H,1-4H2;;/q;+1;-1. The van der Waals surface area contributed by atoms with Gasteiger partial charge in [-0.25, -0.2) is 4.99 Å².